The third-order valence-electron chi connectivity index (χ3n) is 6.32. The second-order valence-corrected chi connectivity index (χ2v) is 8.34. The first-order valence-electron chi connectivity index (χ1n) is 11.0. The average molecular weight is 394 g/mol. The van der Waals surface area contributed by atoms with Crippen molar-refractivity contribution in [3.05, 3.63) is 58.4 Å². The number of carbonyl (C=O) groups is 2. The first kappa shape index (κ1) is 19.9. The third kappa shape index (κ3) is 4.30. The highest BCUT2D eigenvalue weighted by molar-refractivity contribution is 6.10. The van der Waals surface area contributed by atoms with Crippen molar-refractivity contribution in [1.82, 2.24) is 15.2 Å². The monoisotopic (exact) mass is 393 g/mol. The maximum absolute atomic E-state index is 13.1. The molecule has 5 heteroatoms. The predicted octanol–water partition coefficient (Wildman–Crippen LogP) is 4.19. The number of aryl methyl sites for hydroxylation is 2. The van der Waals surface area contributed by atoms with Gasteiger partial charge in [0.15, 0.2) is 5.78 Å². The van der Waals surface area contributed by atoms with E-state index in [4.69, 9.17) is 0 Å². The Bertz CT molecular complexity index is 864. The molecule has 1 aromatic carbocycles. The van der Waals surface area contributed by atoms with Crippen LogP contribution < -0.4 is 5.32 Å². The highest BCUT2D eigenvalue weighted by atomic mass is 16.2. The molecule has 154 valence electrons. The van der Waals surface area contributed by atoms with Crippen LogP contribution in [-0.2, 0) is 6.42 Å². The van der Waals surface area contributed by atoms with Crippen molar-refractivity contribution in [2.75, 3.05) is 19.6 Å². The van der Waals surface area contributed by atoms with Gasteiger partial charge in [0.1, 0.15) is 0 Å². The molecule has 0 saturated carbocycles. The quantitative estimate of drug-likeness (QED) is 0.801. The topological polar surface area (TPSA) is 65.2 Å². The van der Waals surface area contributed by atoms with Crippen LogP contribution in [0.5, 0.6) is 0 Å². The molecule has 2 N–H and O–H groups in total. The van der Waals surface area contributed by atoms with Crippen molar-refractivity contribution in [3.63, 3.8) is 0 Å². The lowest BCUT2D eigenvalue weighted by atomic mass is 9.93. The van der Waals surface area contributed by atoms with E-state index >= 15 is 0 Å². The van der Waals surface area contributed by atoms with Crippen LogP contribution in [0.15, 0.2) is 30.3 Å². The number of Topliss-reactive ketones (excluding diaryl/α,β-unsaturated/α-hetero) is 1. The van der Waals surface area contributed by atoms with Crippen molar-refractivity contribution in [3.8, 4) is 0 Å². The number of aromatic nitrogens is 1. The molecule has 1 fully saturated rings. The van der Waals surface area contributed by atoms with Gasteiger partial charge in [0.25, 0.3) is 5.91 Å². The highest BCUT2D eigenvalue weighted by Crippen LogP contribution is 2.28. The van der Waals surface area contributed by atoms with Gasteiger partial charge in [-0.15, -0.1) is 0 Å². The molecule has 1 aromatic heterocycles. The number of amides is 1. The van der Waals surface area contributed by atoms with E-state index < -0.39 is 0 Å². The largest absolute Gasteiger partial charge is 0.361 e. The molecule has 1 saturated heterocycles. The Hall–Kier alpha value is -2.40. The molecule has 29 heavy (non-hydrogen) atoms. The normalized spacial score (nSPS) is 18.7. The van der Waals surface area contributed by atoms with Crippen LogP contribution in [0, 0.1) is 6.92 Å². The van der Waals surface area contributed by atoms with Crippen LogP contribution in [0.2, 0.25) is 0 Å². The summed E-state index contributed by atoms with van der Waals surface area (Å²) in [6.45, 7) is 4.57. The number of hydrogen-bond donors (Lipinski definition) is 2. The molecule has 2 heterocycles. The van der Waals surface area contributed by atoms with E-state index in [1.165, 1.54) is 31.2 Å². The molecule has 4 rings (SSSR count). The molecular weight excluding hydrogens is 362 g/mol. The minimum absolute atomic E-state index is 0.0906. The maximum atomic E-state index is 13.1. The number of likely N-dealkylation sites (tertiary alicyclic amines) is 1. The minimum Gasteiger partial charge on any atom is -0.361 e. The van der Waals surface area contributed by atoms with Crippen LogP contribution in [0.1, 0.15) is 82.2 Å². The summed E-state index contributed by atoms with van der Waals surface area (Å²) in [5.41, 5.74) is 4.13. The van der Waals surface area contributed by atoms with Gasteiger partial charge >= 0.3 is 0 Å². The molecule has 1 aliphatic carbocycles. The van der Waals surface area contributed by atoms with Crippen molar-refractivity contribution < 1.29 is 9.59 Å². The molecule has 2 aliphatic rings. The summed E-state index contributed by atoms with van der Waals surface area (Å²) in [6, 6.07) is 10.6. The summed E-state index contributed by atoms with van der Waals surface area (Å²) >= 11 is 0. The Balaban J connectivity index is 1.54. The van der Waals surface area contributed by atoms with Crippen molar-refractivity contribution in [1.29, 1.82) is 0 Å². The summed E-state index contributed by atoms with van der Waals surface area (Å²) in [4.78, 5) is 31.4. The number of ketones is 1. The number of H-pyrrole nitrogens is 1. The molecule has 2 aromatic rings. The summed E-state index contributed by atoms with van der Waals surface area (Å²) in [5.74, 6) is -0.0427. The second-order valence-electron chi connectivity index (χ2n) is 8.34. The van der Waals surface area contributed by atoms with Crippen LogP contribution in [0.4, 0.5) is 0 Å². The Kier molecular flexibility index (Phi) is 6.14. The van der Waals surface area contributed by atoms with Gasteiger partial charge in [0.05, 0.1) is 17.2 Å². The molecule has 1 atom stereocenters. The number of benzene rings is 1. The fourth-order valence-corrected chi connectivity index (χ4v) is 4.84. The molecule has 1 aliphatic heterocycles. The number of hydrogen-bond acceptors (Lipinski definition) is 3. The van der Waals surface area contributed by atoms with Gasteiger partial charge in [-0.1, -0.05) is 43.2 Å². The molecule has 0 bridgehead atoms. The summed E-state index contributed by atoms with van der Waals surface area (Å²) < 4.78 is 0. The van der Waals surface area contributed by atoms with Gasteiger partial charge in [-0.3, -0.25) is 14.5 Å². The minimum atomic E-state index is -0.133. The summed E-state index contributed by atoms with van der Waals surface area (Å²) in [6.07, 6.45) is 7.20. The number of rotatable bonds is 5. The Labute approximate surface area is 172 Å². The van der Waals surface area contributed by atoms with Crippen molar-refractivity contribution >= 4 is 11.7 Å². The lowest BCUT2D eigenvalue weighted by Gasteiger charge is -2.31. The van der Waals surface area contributed by atoms with Gasteiger partial charge in [0, 0.05) is 24.4 Å². The first-order chi connectivity index (χ1) is 14.1. The highest BCUT2D eigenvalue weighted by Gasteiger charge is 2.29. The van der Waals surface area contributed by atoms with Gasteiger partial charge in [-0.05, 0) is 51.3 Å². The number of nitrogens with one attached hydrogen (secondary N) is 2. The number of carbonyl (C=O) groups excluding carboxylic acids is 2. The number of nitrogens with zero attached hydrogens (tertiary/aromatic N) is 1. The van der Waals surface area contributed by atoms with Gasteiger partial charge in [-0.2, -0.15) is 0 Å². The zero-order valence-electron chi connectivity index (χ0n) is 17.3. The van der Waals surface area contributed by atoms with E-state index in [0.717, 1.165) is 37.3 Å². The predicted molar refractivity (Wildman–Crippen MR) is 114 cm³/mol. The van der Waals surface area contributed by atoms with E-state index in [1.54, 1.807) is 0 Å². The summed E-state index contributed by atoms with van der Waals surface area (Å²) in [7, 11) is 0. The molecule has 0 unspecified atom stereocenters. The van der Waals surface area contributed by atoms with E-state index in [9.17, 15) is 9.59 Å². The van der Waals surface area contributed by atoms with Gasteiger partial charge in [-0.25, -0.2) is 0 Å². The zero-order valence-corrected chi connectivity index (χ0v) is 17.3. The fraction of sp³-hybridized carbons (Fsp3) is 0.500. The number of fused-ring (bicyclic) bond motifs is 1. The van der Waals surface area contributed by atoms with Crippen LogP contribution in [0.25, 0.3) is 0 Å². The standard InChI is InChI=1S/C24H31N3O2/c1-17-22(23-19(26-17)12-9-13-21(23)28)24(29)25-16-20(18-10-5-4-6-11-18)27-14-7-2-3-8-15-27/h4-6,10-11,20,26H,2-3,7-9,12-16H2,1H3,(H,25,29)/t20-/m1/s1. The maximum Gasteiger partial charge on any atom is 0.253 e. The van der Waals surface area contributed by atoms with E-state index in [0.29, 0.717) is 24.1 Å². The second kappa shape index (κ2) is 8.95. The van der Waals surface area contributed by atoms with E-state index in [2.05, 4.69) is 39.5 Å². The average Bonchev–Trinajstić information content (AvgIpc) is 2.89. The third-order valence-corrected chi connectivity index (χ3v) is 6.32. The van der Waals surface area contributed by atoms with Gasteiger partial charge < -0.3 is 10.3 Å². The lowest BCUT2D eigenvalue weighted by molar-refractivity contribution is 0.0913. The lowest BCUT2D eigenvalue weighted by Crippen LogP contribution is -2.39. The number of aromatic amines is 1. The van der Waals surface area contributed by atoms with Crippen molar-refractivity contribution in [2.24, 2.45) is 0 Å². The molecule has 0 radical (unpaired) electrons. The Morgan fingerprint density at radius 2 is 1.79 bits per heavy atom. The van der Waals surface area contributed by atoms with E-state index in [-0.39, 0.29) is 17.7 Å². The van der Waals surface area contributed by atoms with Gasteiger partial charge in [0.2, 0.25) is 0 Å². The molecule has 5 nitrogen and oxygen atoms in total. The molecule has 1 amide bonds. The smallest absolute Gasteiger partial charge is 0.253 e. The van der Waals surface area contributed by atoms with Crippen LogP contribution >= 0.6 is 0 Å². The Morgan fingerprint density at radius 1 is 1.07 bits per heavy atom. The molecule has 0 spiro atoms. The molecular formula is C24H31N3O2. The summed E-state index contributed by atoms with van der Waals surface area (Å²) in [5, 5.41) is 3.16. The van der Waals surface area contributed by atoms with Crippen LogP contribution in [0.3, 0.4) is 0 Å². The zero-order chi connectivity index (χ0) is 20.2. The fourth-order valence-electron chi connectivity index (χ4n) is 4.84. The first-order valence-corrected chi connectivity index (χ1v) is 11.0. The van der Waals surface area contributed by atoms with Crippen molar-refractivity contribution in [2.45, 2.75) is 57.9 Å². The van der Waals surface area contributed by atoms with E-state index in [1.807, 2.05) is 13.0 Å². The Morgan fingerprint density at radius 3 is 2.52 bits per heavy atom. The SMILES string of the molecule is Cc1[nH]c2c(c1C(=O)NC[C@H](c1ccccc1)N1CCCCCC1)C(=O)CCC2. The van der Waals surface area contributed by atoms with Crippen LogP contribution in [-0.4, -0.2) is 41.2 Å².